The van der Waals surface area contributed by atoms with Gasteiger partial charge in [0.25, 0.3) is 0 Å². The highest BCUT2D eigenvalue weighted by atomic mass is 19.1. The van der Waals surface area contributed by atoms with Gasteiger partial charge in [-0.1, -0.05) is 13.8 Å². The zero-order valence-corrected chi connectivity index (χ0v) is 9.17. The SMILES string of the molecule is [2H]C1([2H])OCC(C)(F)c2cc(C(C)C)cnc21. The van der Waals surface area contributed by atoms with Crippen LogP contribution in [0.4, 0.5) is 4.39 Å². The van der Waals surface area contributed by atoms with Crippen molar-refractivity contribution in [1.29, 1.82) is 0 Å². The number of alkyl halides is 1. The Balaban J connectivity index is 2.60. The quantitative estimate of drug-likeness (QED) is 0.712. The molecule has 1 aliphatic heterocycles. The van der Waals surface area contributed by atoms with Gasteiger partial charge in [-0.2, -0.15) is 0 Å². The smallest absolute Gasteiger partial charge is 0.158 e. The third-order valence-corrected chi connectivity index (χ3v) is 2.65. The molecule has 0 spiro atoms. The van der Waals surface area contributed by atoms with Crippen LogP contribution >= 0.6 is 0 Å². The number of aromatic nitrogens is 1. The van der Waals surface area contributed by atoms with E-state index in [0.29, 0.717) is 5.56 Å². The van der Waals surface area contributed by atoms with Gasteiger partial charge in [-0.25, -0.2) is 4.39 Å². The molecule has 2 rings (SSSR count). The summed E-state index contributed by atoms with van der Waals surface area (Å²) in [5.41, 5.74) is -0.415. The highest BCUT2D eigenvalue weighted by Gasteiger charge is 2.33. The molecule has 82 valence electrons. The first-order valence-corrected chi connectivity index (χ1v) is 5.08. The average molecular weight is 211 g/mol. The second-order valence-electron chi connectivity index (χ2n) is 4.41. The topological polar surface area (TPSA) is 22.1 Å². The third-order valence-electron chi connectivity index (χ3n) is 2.65. The summed E-state index contributed by atoms with van der Waals surface area (Å²) in [6, 6.07) is 1.70. The first kappa shape index (κ1) is 8.22. The number of halogens is 1. The number of ether oxygens (including phenoxy) is 1. The molecule has 2 heterocycles. The van der Waals surface area contributed by atoms with E-state index in [2.05, 4.69) is 4.98 Å². The van der Waals surface area contributed by atoms with Crippen molar-refractivity contribution in [3.8, 4) is 0 Å². The zero-order valence-electron chi connectivity index (χ0n) is 11.2. The number of rotatable bonds is 1. The maximum atomic E-state index is 14.3. The molecule has 1 aromatic heterocycles. The molecule has 1 unspecified atom stereocenters. The third kappa shape index (κ3) is 1.88. The van der Waals surface area contributed by atoms with Crippen LogP contribution < -0.4 is 0 Å². The summed E-state index contributed by atoms with van der Waals surface area (Å²) < 4.78 is 34.6. The molecule has 1 aliphatic rings. The van der Waals surface area contributed by atoms with Crippen LogP contribution in [-0.4, -0.2) is 11.6 Å². The fourth-order valence-electron chi connectivity index (χ4n) is 1.59. The van der Waals surface area contributed by atoms with Crippen LogP contribution in [0.1, 0.15) is 46.3 Å². The zero-order chi connectivity index (χ0) is 12.8. The van der Waals surface area contributed by atoms with Crippen molar-refractivity contribution in [3.05, 3.63) is 29.1 Å². The van der Waals surface area contributed by atoms with Gasteiger partial charge in [0, 0.05) is 11.8 Å². The van der Waals surface area contributed by atoms with Gasteiger partial charge in [-0.05, 0) is 24.5 Å². The second-order valence-corrected chi connectivity index (χ2v) is 4.41. The molecule has 0 radical (unpaired) electrons. The van der Waals surface area contributed by atoms with Crippen LogP contribution in [0, 0.1) is 0 Å². The first-order valence-electron chi connectivity index (χ1n) is 6.08. The summed E-state index contributed by atoms with van der Waals surface area (Å²) in [7, 11) is 0. The molecule has 0 bridgehead atoms. The molecular weight excluding hydrogens is 193 g/mol. The molecule has 2 nitrogen and oxygen atoms in total. The van der Waals surface area contributed by atoms with E-state index in [1.807, 2.05) is 13.8 Å². The van der Waals surface area contributed by atoms with Crippen molar-refractivity contribution in [2.75, 3.05) is 6.61 Å². The van der Waals surface area contributed by atoms with Crippen molar-refractivity contribution in [1.82, 2.24) is 4.98 Å². The second kappa shape index (κ2) is 3.56. The minimum Gasteiger partial charge on any atom is -0.371 e. The van der Waals surface area contributed by atoms with Gasteiger partial charge in [-0.3, -0.25) is 4.98 Å². The van der Waals surface area contributed by atoms with Crippen molar-refractivity contribution < 1.29 is 11.9 Å². The highest BCUT2D eigenvalue weighted by molar-refractivity contribution is 5.32. The predicted octanol–water partition coefficient (Wildman–Crippen LogP) is 2.92. The molecule has 0 aliphatic carbocycles. The van der Waals surface area contributed by atoms with E-state index in [1.165, 1.54) is 6.92 Å². The number of fused-ring (bicyclic) bond motifs is 1. The Morgan fingerprint density at radius 2 is 2.40 bits per heavy atom. The minimum atomic E-state index is -2.00. The number of hydrogen-bond donors (Lipinski definition) is 0. The monoisotopic (exact) mass is 211 g/mol. The van der Waals surface area contributed by atoms with Crippen molar-refractivity contribution in [2.24, 2.45) is 0 Å². The van der Waals surface area contributed by atoms with Gasteiger partial charge in [0.15, 0.2) is 5.67 Å². The van der Waals surface area contributed by atoms with Crippen LogP contribution in [0.2, 0.25) is 0 Å². The van der Waals surface area contributed by atoms with Crippen LogP contribution in [0.5, 0.6) is 0 Å². The van der Waals surface area contributed by atoms with Crippen LogP contribution in [-0.2, 0) is 17.0 Å². The van der Waals surface area contributed by atoms with Crippen molar-refractivity contribution in [3.63, 3.8) is 0 Å². The van der Waals surface area contributed by atoms with Gasteiger partial charge in [0.2, 0.25) is 0 Å². The van der Waals surface area contributed by atoms with E-state index < -0.39 is 12.2 Å². The van der Waals surface area contributed by atoms with E-state index in [9.17, 15) is 4.39 Å². The van der Waals surface area contributed by atoms with Crippen molar-refractivity contribution in [2.45, 2.75) is 38.9 Å². The molecule has 0 amide bonds. The van der Waals surface area contributed by atoms with Gasteiger partial charge >= 0.3 is 0 Å². The molecule has 15 heavy (non-hydrogen) atoms. The Labute approximate surface area is 92.3 Å². The van der Waals surface area contributed by atoms with Crippen molar-refractivity contribution >= 4 is 0 Å². The molecule has 3 heteroatoms. The summed E-state index contributed by atoms with van der Waals surface area (Å²) in [5.74, 6) is 0.234. The number of nitrogens with zero attached hydrogens (tertiary/aromatic N) is 1. The Morgan fingerprint density at radius 1 is 1.67 bits per heavy atom. The Kier molecular flexibility index (Phi) is 1.95. The highest BCUT2D eigenvalue weighted by Crippen LogP contribution is 2.33. The standard InChI is InChI=1S/C12H16FNO/c1-8(2)9-4-10-11(14-5-9)6-15-7-12(10,3)13/h4-5,8H,6-7H2,1-3H3/i6D2. The Morgan fingerprint density at radius 3 is 3.07 bits per heavy atom. The minimum absolute atomic E-state index is 0.0538. The molecule has 0 saturated heterocycles. The normalized spacial score (nSPS) is 30.7. The van der Waals surface area contributed by atoms with Gasteiger partial charge in [-0.15, -0.1) is 0 Å². The van der Waals surface area contributed by atoms with E-state index in [1.54, 1.807) is 12.3 Å². The molecule has 0 fully saturated rings. The van der Waals surface area contributed by atoms with Crippen LogP contribution in [0.3, 0.4) is 0 Å². The molecule has 1 aromatic rings. The first-order chi connectivity index (χ1) is 7.74. The number of hydrogen-bond acceptors (Lipinski definition) is 2. The fourth-order valence-corrected chi connectivity index (χ4v) is 1.59. The Bertz CT molecular complexity index is 446. The molecular formula is C12H16FNO. The summed E-state index contributed by atoms with van der Waals surface area (Å²) in [6.45, 7) is 3.10. The average Bonchev–Trinajstić information content (AvgIpc) is 2.24. The summed E-state index contributed by atoms with van der Waals surface area (Å²) in [4.78, 5) is 4.05. The molecule has 0 aromatic carbocycles. The van der Waals surface area contributed by atoms with Crippen LogP contribution in [0.25, 0.3) is 0 Å². The lowest BCUT2D eigenvalue weighted by Gasteiger charge is -2.28. The summed E-state index contributed by atoms with van der Waals surface area (Å²) in [6.07, 6.45) is 1.59. The molecule has 0 saturated carbocycles. The van der Waals surface area contributed by atoms with E-state index in [4.69, 9.17) is 7.48 Å². The lowest BCUT2D eigenvalue weighted by molar-refractivity contribution is -0.00695. The maximum Gasteiger partial charge on any atom is 0.158 e. The van der Waals surface area contributed by atoms with E-state index in [0.717, 1.165) is 5.56 Å². The van der Waals surface area contributed by atoms with Gasteiger partial charge in [0.05, 0.1) is 21.6 Å². The molecule has 1 atom stereocenters. The van der Waals surface area contributed by atoms with E-state index in [-0.39, 0.29) is 18.2 Å². The fraction of sp³-hybridized carbons (Fsp3) is 0.583. The predicted molar refractivity (Wildman–Crippen MR) is 56.4 cm³/mol. The summed E-state index contributed by atoms with van der Waals surface area (Å²) >= 11 is 0. The largest absolute Gasteiger partial charge is 0.371 e. The van der Waals surface area contributed by atoms with Gasteiger partial charge in [0.1, 0.15) is 0 Å². The lowest BCUT2D eigenvalue weighted by atomic mass is 9.92. The van der Waals surface area contributed by atoms with Gasteiger partial charge < -0.3 is 4.74 Å². The van der Waals surface area contributed by atoms with E-state index >= 15 is 0 Å². The lowest BCUT2D eigenvalue weighted by Crippen LogP contribution is -2.30. The number of pyridine rings is 1. The Hall–Kier alpha value is -0.960. The summed E-state index contributed by atoms with van der Waals surface area (Å²) in [5, 5.41) is 0. The maximum absolute atomic E-state index is 14.3. The molecule has 0 N–H and O–H groups in total. The van der Waals surface area contributed by atoms with Crippen LogP contribution in [0.15, 0.2) is 12.3 Å².